The summed E-state index contributed by atoms with van der Waals surface area (Å²) < 4.78 is 5.30. The van der Waals surface area contributed by atoms with E-state index in [-0.39, 0.29) is 17.6 Å². The van der Waals surface area contributed by atoms with Crippen LogP contribution in [0.4, 0.5) is 10.6 Å². The maximum Gasteiger partial charge on any atom is 0.413 e. The fourth-order valence-electron chi connectivity index (χ4n) is 6.03. The van der Waals surface area contributed by atoms with E-state index in [1.807, 2.05) is 31.2 Å². The lowest BCUT2D eigenvalue weighted by molar-refractivity contribution is -0.123. The Hall–Kier alpha value is -3.94. The van der Waals surface area contributed by atoms with Gasteiger partial charge in [0.15, 0.2) is 5.78 Å². The number of carbonyl (C=O) groups excluding carboxylic acids is 2. The second-order valence-corrected chi connectivity index (χ2v) is 11.0. The summed E-state index contributed by atoms with van der Waals surface area (Å²) in [5, 5.41) is 20.7. The number of amides is 1. The van der Waals surface area contributed by atoms with Gasteiger partial charge in [-0.1, -0.05) is 37.3 Å². The summed E-state index contributed by atoms with van der Waals surface area (Å²) in [4.78, 5) is 29.5. The van der Waals surface area contributed by atoms with Crippen LogP contribution in [0.15, 0.2) is 60.5 Å². The summed E-state index contributed by atoms with van der Waals surface area (Å²) in [5.74, 6) is 0.248. The molecule has 3 atom stereocenters. The standard InChI is InChI=1S/C29H32N4O4/c1-17-22-12-11-21-24(18-10-13-23(30-15-18)31-27(36)37-28(2,3)4)32-33-26(21)29(22,14-19(16-34)25(17)35)20-8-6-5-7-9-20/h5-10,13,15-17,22,34H,11-12,14H2,1-4H3,(H,32,33)(H,30,31,36)/t17-,22-,29+/m0/s1. The molecule has 8 heteroatoms. The van der Waals surface area contributed by atoms with Crippen molar-refractivity contribution >= 4 is 17.7 Å². The Kier molecular flexibility index (Phi) is 6.14. The molecule has 8 nitrogen and oxygen atoms in total. The van der Waals surface area contributed by atoms with Crippen molar-refractivity contribution in [1.82, 2.24) is 15.2 Å². The van der Waals surface area contributed by atoms with Crippen molar-refractivity contribution in [3.8, 4) is 11.3 Å². The van der Waals surface area contributed by atoms with Crippen LogP contribution in [0.2, 0.25) is 0 Å². The predicted molar refractivity (Wildman–Crippen MR) is 140 cm³/mol. The van der Waals surface area contributed by atoms with E-state index in [1.165, 1.54) is 0 Å². The molecule has 3 N–H and O–H groups in total. The molecule has 0 bridgehead atoms. The van der Waals surface area contributed by atoms with E-state index in [1.54, 1.807) is 33.0 Å². The molecule has 37 heavy (non-hydrogen) atoms. The van der Waals surface area contributed by atoms with Crippen LogP contribution in [-0.2, 0) is 21.4 Å². The lowest BCUT2D eigenvalue weighted by atomic mass is 9.52. The first kappa shape index (κ1) is 24.7. The van der Waals surface area contributed by atoms with Crippen molar-refractivity contribution in [2.75, 3.05) is 5.32 Å². The first-order valence-electron chi connectivity index (χ1n) is 12.6. The van der Waals surface area contributed by atoms with E-state index in [0.717, 1.165) is 47.2 Å². The van der Waals surface area contributed by atoms with Crippen LogP contribution in [0.25, 0.3) is 11.3 Å². The molecule has 0 unspecified atom stereocenters. The minimum absolute atomic E-state index is 0.0134. The Morgan fingerprint density at radius 2 is 1.97 bits per heavy atom. The number of benzene rings is 1. The first-order chi connectivity index (χ1) is 17.6. The number of pyridine rings is 1. The van der Waals surface area contributed by atoms with E-state index in [9.17, 15) is 14.7 Å². The van der Waals surface area contributed by atoms with Crippen LogP contribution in [0.3, 0.4) is 0 Å². The first-order valence-corrected chi connectivity index (χ1v) is 12.6. The molecule has 0 aliphatic heterocycles. The molecule has 5 rings (SSSR count). The molecule has 192 valence electrons. The number of rotatable bonds is 3. The number of Topliss-reactive ketones (excluding diaryl/α,β-unsaturated/α-hetero) is 1. The number of nitrogens with one attached hydrogen (secondary N) is 2. The average molecular weight is 501 g/mol. The number of ketones is 1. The molecule has 2 aromatic heterocycles. The molecule has 1 saturated carbocycles. The molecule has 1 aromatic carbocycles. The Balaban J connectivity index is 1.53. The van der Waals surface area contributed by atoms with Crippen LogP contribution in [0.1, 0.15) is 57.4 Å². The highest BCUT2D eigenvalue weighted by molar-refractivity contribution is 5.98. The lowest BCUT2D eigenvalue weighted by Crippen LogP contribution is -2.50. The van der Waals surface area contributed by atoms with Gasteiger partial charge in [-0.25, -0.2) is 9.78 Å². The average Bonchev–Trinajstić information content (AvgIpc) is 3.31. The van der Waals surface area contributed by atoms with Gasteiger partial charge in [-0.05, 0) is 63.6 Å². The van der Waals surface area contributed by atoms with E-state index in [4.69, 9.17) is 9.84 Å². The topological polar surface area (TPSA) is 117 Å². The van der Waals surface area contributed by atoms with Crippen LogP contribution >= 0.6 is 0 Å². The maximum atomic E-state index is 13.0. The second-order valence-electron chi connectivity index (χ2n) is 11.0. The number of nitrogens with zero attached hydrogens (tertiary/aromatic N) is 2. The van der Waals surface area contributed by atoms with Crippen molar-refractivity contribution in [3.63, 3.8) is 0 Å². The Morgan fingerprint density at radius 1 is 1.22 bits per heavy atom. The largest absolute Gasteiger partial charge is 0.515 e. The number of hydrogen-bond acceptors (Lipinski definition) is 6. The third-order valence-corrected chi connectivity index (χ3v) is 7.57. The zero-order valence-electron chi connectivity index (χ0n) is 21.5. The molecule has 1 amide bonds. The molecule has 0 radical (unpaired) electrons. The van der Waals surface area contributed by atoms with Crippen LogP contribution in [-0.4, -0.2) is 37.8 Å². The summed E-state index contributed by atoms with van der Waals surface area (Å²) in [6.07, 6.45) is 4.11. The summed E-state index contributed by atoms with van der Waals surface area (Å²) in [6, 6.07) is 13.8. The van der Waals surface area contributed by atoms with E-state index < -0.39 is 17.1 Å². The van der Waals surface area contributed by atoms with Gasteiger partial charge in [0.05, 0.1) is 17.6 Å². The van der Waals surface area contributed by atoms with E-state index in [2.05, 4.69) is 27.5 Å². The van der Waals surface area contributed by atoms with Crippen LogP contribution in [0, 0.1) is 11.8 Å². The second kappa shape index (κ2) is 9.18. The number of H-pyrrole nitrogens is 1. The Bertz CT molecular complexity index is 1350. The quantitative estimate of drug-likeness (QED) is 0.313. The number of aliphatic hydroxyl groups is 1. The van der Waals surface area contributed by atoms with Crippen LogP contribution < -0.4 is 5.32 Å². The third kappa shape index (κ3) is 4.30. The zero-order valence-corrected chi connectivity index (χ0v) is 21.5. The summed E-state index contributed by atoms with van der Waals surface area (Å²) in [7, 11) is 0. The molecule has 2 aliphatic carbocycles. The molecular formula is C29H32N4O4. The SMILES string of the molecule is C[C@@H]1C(=O)C(=CO)C[C@]2(c3ccccc3)c3[nH]nc(-c4ccc(NC(=O)OC(C)(C)C)nc4)c3CC[C@@H]12. The van der Waals surface area contributed by atoms with Crippen molar-refractivity contribution in [2.24, 2.45) is 11.8 Å². The van der Waals surface area contributed by atoms with Gasteiger partial charge in [-0.3, -0.25) is 15.2 Å². The molecular weight excluding hydrogens is 468 g/mol. The molecule has 3 aromatic rings. The van der Waals surface area contributed by atoms with Crippen molar-refractivity contribution < 1.29 is 19.4 Å². The minimum atomic E-state index is -0.600. The summed E-state index contributed by atoms with van der Waals surface area (Å²) in [5.41, 5.74) is 4.14. The normalized spacial score (nSPS) is 24.3. The smallest absolute Gasteiger partial charge is 0.413 e. The predicted octanol–water partition coefficient (Wildman–Crippen LogP) is 5.72. The van der Waals surface area contributed by atoms with Gasteiger partial charge in [0, 0.05) is 34.2 Å². The zero-order chi connectivity index (χ0) is 26.4. The molecule has 0 spiro atoms. The fraction of sp³-hybridized carbons (Fsp3) is 0.379. The number of fused-ring (bicyclic) bond motifs is 3. The molecule has 2 aliphatic rings. The number of hydrogen-bond donors (Lipinski definition) is 3. The van der Waals surface area contributed by atoms with Crippen molar-refractivity contribution in [2.45, 2.75) is 58.0 Å². The summed E-state index contributed by atoms with van der Waals surface area (Å²) in [6.45, 7) is 7.38. The lowest BCUT2D eigenvalue weighted by Gasteiger charge is -2.50. The fourth-order valence-corrected chi connectivity index (χ4v) is 6.03. The van der Waals surface area contributed by atoms with Gasteiger partial charge < -0.3 is 9.84 Å². The van der Waals surface area contributed by atoms with Gasteiger partial charge >= 0.3 is 6.09 Å². The highest BCUT2D eigenvalue weighted by Gasteiger charge is 2.55. The highest BCUT2D eigenvalue weighted by Crippen LogP contribution is 2.56. The monoisotopic (exact) mass is 500 g/mol. The van der Waals surface area contributed by atoms with E-state index in [0.29, 0.717) is 17.8 Å². The maximum absolute atomic E-state index is 13.0. The Morgan fingerprint density at radius 3 is 2.62 bits per heavy atom. The molecule has 1 fully saturated rings. The number of aliphatic hydroxyl groups excluding tert-OH is 1. The number of aromatic nitrogens is 3. The van der Waals surface area contributed by atoms with Gasteiger partial charge in [0.25, 0.3) is 0 Å². The minimum Gasteiger partial charge on any atom is -0.515 e. The van der Waals surface area contributed by atoms with Gasteiger partial charge in [-0.15, -0.1) is 0 Å². The third-order valence-electron chi connectivity index (χ3n) is 7.57. The van der Waals surface area contributed by atoms with Crippen LogP contribution in [0.5, 0.6) is 0 Å². The molecule has 2 heterocycles. The number of ether oxygens (including phenoxy) is 1. The molecule has 0 saturated heterocycles. The Labute approximate surface area is 216 Å². The number of anilines is 1. The van der Waals surface area contributed by atoms with E-state index >= 15 is 0 Å². The van der Waals surface area contributed by atoms with Crippen molar-refractivity contribution in [1.29, 1.82) is 0 Å². The number of aromatic amines is 1. The van der Waals surface area contributed by atoms with Gasteiger partial charge in [-0.2, -0.15) is 5.10 Å². The number of allylic oxidation sites excluding steroid dienone is 1. The van der Waals surface area contributed by atoms with Crippen molar-refractivity contribution in [3.05, 3.63) is 77.3 Å². The van der Waals surface area contributed by atoms with Gasteiger partial charge in [0.1, 0.15) is 11.4 Å². The number of carbonyl (C=O) groups is 2. The highest BCUT2D eigenvalue weighted by atomic mass is 16.6. The van der Waals surface area contributed by atoms with Gasteiger partial charge in [0.2, 0.25) is 0 Å². The summed E-state index contributed by atoms with van der Waals surface area (Å²) >= 11 is 0.